The van der Waals surface area contributed by atoms with Gasteiger partial charge in [-0.15, -0.1) is 0 Å². The van der Waals surface area contributed by atoms with Gasteiger partial charge in [0.1, 0.15) is 0 Å². The average molecular weight is 123 g/mol. The normalized spacial score (nSPS) is 9.33. The molecule has 0 aromatic rings. The van der Waals surface area contributed by atoms with Gasteiger partial charge in [-0.2, -0.15) is 0 Å². The fourth-order valence-electron chi connectivity index (χ4n) is 0.856. The molecule has 2 heteroatoms. The monoisotopic (exact) mass is 123 g/mol. The molecule has 0 aliphatic rings. The average Bonchev–Trinajstić information content (AvgIpc) is 1.83. The van der Waals surface area contributed by atoms with E-state index in [1.165, 1.54) is 26.1 Å². The van der Waals surface area contributed by atoms with Gasteiger partial charge in [0.25, 0.3) is 0 Å². The molecule has 0 atom stereocenters. The van der Waals surface area contributed by atoms with Crippen LogP contribution in [0.25, 0.3) is 0 Å². The predicted molar refractivity (Wildman–Crippen MR) is 45.2 cm³/mol. The van der Waals surface area contributed by atoms with Crippen LogP contribution in [0.1, 0.15) is 27.2 Å². The molecule has 9 heavy (non-hydrogen) atoms. The summed E-state index contributed by atoms with van der Waals surface area (Å²) < 4.78 is 0. The molecule has 0 saturated heterocycles. The Labute approximate surface area is 71.0 Å². The van der Waals surface area contributed by atoms with Gasteiger partial charge in [-0.3, -0.25) is 0 Å². The van der Waals surface area contributed by atoms with Crippen molar-refractivity contribution in [3.8, 4) is 0 Å². The first-order valence-corrected chi connectivity index (χ1v) is 3.57. The summed E-state index contributed by atoms with van der Waals surface area (Å²) >= 11 is 0. The van der Waals surface area contributed by atoms with Gasteiger partial charge in [0, 0.05) is 0 Å². The predicted octanol–water partition coefficient (Wildman–Crippen LogP) is 1.09. The third-order valence-corrected chi connectivity index (χ3v) is 1.43. The zero-order chi connectivity index (χ0) is 6.41. The summed E-state index contributed by atoms with van der Waals surface area (Å²) in [5.41, 5.74) is 0. The molecule has 0 aliphatic heterocycles. The van der Waals surface area contributed by atoms with Crippen molar-refractivity contribution in [3.05, 3.63) is 0 Å². The molecule has 0 aliphatic carbocycles. The Balaban J connectivity index is 0. The van der Waals surface area contributed by atoms with Crippen LogP contribution in [-0.2, 0) is 0 Å². The standard InChI is InChI=1S/C7H17N.Li.H/c1-4-7-8(5-2)6-3;;/h4-7H2,1-3H3;;. The van der Waals surface area contributed by atoms with Gasteiger partial charge in [0.2, 0.25) is 0 Å². The van der Waals surface area contributed by atoms with Crippen molar-refractivity contribution in [2.75, 3.05) is 19.6 Å². The molecule has 0 aromatic carbocycles. The van der Waals surface area contributed by atoms with Crippen LogP contribution in [0.3, 0.4) is 0 Å². The van der Waals surface area contributed by atoms with Crippen LogP contribution in [0.4, 0.5) is 0 Å². The first-order chi connectivity index (χ1) is 3.85. The molecule has 0 unspecified atom stereocenters. The SMILES string of the molecule is CCCN(CC)CC.[LiH]. The molecule has 0 spiro atoms. The van der Waals surface area contributed by atoms with Crippen LogP contribution in [0.2, 0.25) is 0 Å². The van der Waals surface area contributed by atoms with E-state index in [2.05, 4.69) is 25.7 Å². The molecule has 0 bridgehead atoms. The van der Waals surface area contributed by atoms with Gasteiger partial charge >= 0.3 is 18.9 Å². The van der Waals surface area contributed by atoms with Crippen molar-refractivity contribution >= 4 is 18.9 Å². The summed E-state index contributed by atoms with van der Waals surface area (Å²) in [6, 6.07) is 0. The van der Waals surface area contributed by atoms with Crippen molar-refractivity contribution in [2.24, 2.45) is 0 Å². The summed E-state index contributed by atoms with van der Waals surface area (Å²) in [4.78, 5) is 2.43. The maximum absolute atomic E-state index is 2.43. The third-order valence-electron chi connectivity index (χ3n) is 1.43. The molecule has 0 radical (unpaired) electrons. The van der Waals surface area contributed by atoms with Crippen LogP contribution in [-0.4, -0.2) is 43.4 Å². The van der Waals surface area contributed by atoms with Crippen molar-refractivity contribution < 1.29 is 0 Å². The molecule has 1 nitrogen and oxygen atoms in total. The Kier molecular flexibility index (Phi) is 11.7. The van der Waals surface area contributed by atoms with Crippen molar-refractivity contribution in [1.82, 2.24) is 4.90 Å². The van der Waals surface area contributed by atoms with Gasteiger partial charge in [-0.05, 0) is 26.1 Å². The molecule has 0 heterocycles. The van der Waals surface area contributed by atoms with E-state index < -0.39 is 0 Å². The Morgan fingerprint density at radius 3 is 1.56 bits per heavy atom. The maximum atomic E-state index is 2.43. The van der Waals surface area contributed by atoms with Crippen LogP contribution >= 0.6 is 0 Å². The topological polar surface area (TPSA) is 3.24 Å². The van der Waals surface area contributed by atoms with E-state index >= 15 is 0 Å². The van der Waals surface area contributed by atoms with E-state index in [0.29, 0.717) is 0 Å². The van der Waals surface area contributed by atoms with Gasteiger partial charge in [0.05, 0.1) is 0 Å². The fraction of sp³-hybridized carbons (Fsp3) is 1.00. The van der Waals surface area contributed by atoms with E-state index in [9.17, 15) is 0 Å². The van der Waals surface area contributed by atoms with E-state index in [1.807, 2.05) is 0 Å². The van der Waals surface area contributed by atoms with Crippen molar-refractivity contribution in [2.45, 2.75) is 27.2 Å². The minimum atomic E-state index is 0. The molecule has 0 fully saturated rings. The van der Waals surface area contributed by atoms with Crippen LogP contribution in [0, 0.1) is 0 Å². The van der Waals surface area contributed by atoms with Crippen molar-refractivity contribution in [1.29, 1.82) is 0 Å². The molecule has 0 saturated carbocycles. The van der Waals surface area contributed by atoms with Crippen LogP contribution in [0.15, 0.2) is 0 Å². The van der Waals surface area contributed by atoms with E-state index in [-0.39, 0.29) is 18.9 Å². The van der Waals surface area contributed by atoms with Crippen LogP contribution in [0.5, 0.6) is 0 Å². The molecule has 0 aromatic heterocycles. The molecular formula is C7H18LiN. The summed E-state index contributed by atoms with van der Waals surface area (Å²) in [5, 5.41) is 0. The first kappa shape index (κ1) is 12.3. The van der Waals surface area contributed by atoms with Gasteiger partial charge in [0.15, 0.2) is 0 Å². The second-order valence-electron chi connectivity index (χ2n) is 2.03. The molecule has 52 valence electrons. The quantitative estimate of drug-likeness (QED) is 0.506. The molecule has 0 N–H and O–H groups in total. The second kappa shape index (κ2) is 8.56. The van der Waals surface area contributed by atoms with Gasteiger partial charge < -0.3 is 4.90 Å². The van der Waals surface area contributed by atoms with Gasteiger partial charge in [-0.1, -0.05) is 20.8 Å². The Bertz CT molecular complexity index is 44.2. The second-order valence-corrected chi connectivity index (χ2v) is 2.03. The number of hydrogen-bond donors (Lipinski definition) is 0. The Morgan fingerprint density at radius 2 is 1.44 bits per heavy atom. The fourth-order valence-corrected chi connectivity index (χ4v) is 0.856. The summed E-state index contributed by atoms with van der Waals surface area (Å²) in [6.45, 7) is 10.3. The summed E-state index contributed by atoms with van der Waals surface area (Å²) in [6.07, 6.45) is 1.28. The Hall–Kier alpha value is 0.557. The number of hydrogen-bond acceptors (Lipinski definition) is 1. The van der Waals surface area contributed by atoms with Crippen LogP contribution < -0.4 is 0 Å². The molecule has 0 rings (SSSR count). The number of nitrogens with zero attached hydrogens (tertiary/aromatic N) is 1. The first-order valence-electron chi connectivity index (χ1n) is 3.57. The van der Waals surface area contributed by atoms with Crippen molar-refractivity contribution in [3.63, 3.8) is 0 Å². The van der Waals surface area contributed by atoms with E-state index in [4.69, 9.17) is 0 Å². The molecule has 0 amide bonds. The Morgan fingerprint density at radius 1 is 1.00 bits per heavy atom. The zero-order valence-corrected chi connectivity index (χ0v) is 6.28. The van der Waals surface area contributed by atoms with E-state index in [1.54, 1.807) is 0 Å². The van der Waals surface area contributed by atoms with E-state index in [0.717, 1.165) is 0 Å². The van der Waals surface area contributed by atoms with Gasteiger partial charge in [-0.25, -0.2) is 0 Å². The summed E-state index contributed by atoms with van der Waals surface area (Å²) in [5.74, 6) is 0. The number of rotatable bonds is 4. The molecular weight excluding hydrogens is 105 g/mol. The summed E-state index contributed by atoms with van der Waals surface area (Å²) in [7, 11) is 0. The minimum absolute atomic E-state index is 0. The third kappa shape index (κ3) is 6.44. The zero-order valence-electron chi connectivity index (χ0n) is 6.28.